The number of carbonyl (C=O) groups excluding carboxylic acids is 1. The van der Waals surface area contributed by atoms with E-state index >= 15 is 0 Å². The molecule has 0 aromatic carbocycles. The Kier molecular flexibility index (Phi) is 14.3. The predicted molar refractivity (Wildman–Crippen MR) is 170 cm³/mol. The van der Waals surface area contributed by atoms with E-state index in [-0.39, 0.29) is 35.9 Å². The minimum Gasteiger partial charge on any atom is -0.490 e. The van der Waals surface area contributed by atoms with Gasteiger partial charge in [-0.2, -0.15) is 0 Å². The van der Waals surface area contributed by atoms with Crippen LogP contribution in [0.5, 0.6) is 0 Å². The van der Waals surface area contributed by atoms with Crippen molar-refractivity contribution in [2.75, 3.05) is 14.2 Å². The SMILES string of the molecule is CO/C1=C\C(C)=C/C(C)C(O)C(C)C/C(C)=C\C=C\C(OC)C(C(C)C(O)C(C)C2(O)CC(O)C(C)C(C(C)C)O2)OC1=O. The van der Waals surface area contributed by atoms with Gasteiger partial charge >= 0.3 is 5.97 Å². The Bertz CT molecular complexity index is 1060. The third kappa shape index (κ3) is 9.50. The Morgan fingerprint density at radius 1 is 1.05 bits per heavy atom. The van der Waals surface area contributed by atoms with Crippen molar-refractivity contribution in [2.24, 2.45) is 35.5 Å². The summed E-state index contributed by atoms with van der Waals surface area (Å²) in [5.74, 6) is -4.49. The maximum Gasteiger partial charge on any atom is 0.373 e. The van der Waals surface area contributed by atoms with Gasteiger partial charge in [0.2, 0.25) is 5.76 Å². The lowest BCUT2D eigenvalue weighted by molar-refractivity contribution is -0.328. The van der Waals surface area contributed by atoms with Crippen LogP contribution in [-0.2, 0) is 23.7 Å². The standard InChI is InChI=1S/C35H58O9/c1-19(2)32-24(7)27(36)18-35(40,44-32)26(9)31(38)25(8)33-28(41-10)14-12-13-20(3)15-22(5)30(37)23(6)16-21(4)17-29(42-11)34(39)43-33/h12-14,16-17,19,22-28,30-33,36-38,40H,15,18H2,1-11H3/b14-12+,20-13-,21-16-,29-17-. The van der Waals surface area contributed by atoms with Gasteiger partial charge in [-0.3, -0.25) is 0 Å². The van der Waals surface area contributed by atoms with E-state index in [2.05, 4.69) is 0 Å². The molecule has 2 heterocycles. The Labute approximate surface area is 264 Å². The number of rotatable bonds is 7. The van der Waals surface area contributed by atoms with E-state index in [1.54, 1.807) is 26.0 Å². The fourth-order valence-electron chi connectivity index (χ4n) is 6.54. The molecule has 252 valence electrons. The van der Waals surface area contributed by atoms with Gasteiger partial charge in [0.15, 0.2) is 5.79 Å². The monoisotopic (exact) mass is 622 g/mol. The van der Waals surface area contributed by atoms with E-state index in [1.807, 2.05) is 66.7 Å². The topological polar surface area (TPSA) is 135 Å². The Balaban J connectivity index is 2.52. The molecule has 2 aliphatic heterocycles. The third-order valence-corrected chi connectivity index (χ3v) is 9.50. The zero-order valence-electron chi connectivity index (χ0n) is 28.6. The van der Waals surface area contributed by atoms with Crippen molar-refractivity contribution in [3.8, 4) is 0 Å². The maximum absolute atomic E-state index is 13.5. The fraction of sp³-hybridized carbons (Fsp3) is 0.743. The van der Waals surface area contributed by atoms with Crippen molar-refractivity contribution >= 4 is 5.97 Å². The summed E-state index contributed by atoms with van der Waals surface area (Å²) in [6, 6.07) is 0. The lowest BCUT2D eigenvalue weighted by Gasteiger charge is -2.49. The number of ether oxygens (including phenoxy) is 4. The van der Waals surface area contributed by atoms with E-state index in [9.17, 15) is 25.2 Å². The molecule has 1 fully saturated rings. The first-order valence-electron chi connectivity index (χ1n) is 15.9. The van der Waals surface area contributed by atoms with Crippen LogP contribution in [0.1, 0.15) is 75.2 Å². The second-order valence-electron chi connectivity index (χ2n) is 13.6. The summed E-state index contributed by atoms with van der Waals surface area (Å²) in [5, 5.41) is 45.0. The minimum atomic E-state index is -1.80. The summed E-state index contributed by atoms with van der Waals surface area (Å²) < 4.78 is 23.4. The Morgan fingerprint density at radius 2 is 1.68 bits per heavy atom. The van der Waals surface area contributed by atoms with Crippen molar-refractivity contribution in [2.45, 2.75) is 118 Å². The Hall–Kier alpha value is -2.01. The van der Waals surface area contributed by atoms with E-state index < -0.39 is 60.2 Å². The van der Waals surface area contributed by atoms with Crippen LogP contribution in [0.15, 0.2) is 47.3 Å². The molecule has 0 aromatic heterocycles. The zero-order valence-corrected chi connectivity index (χ0v) is 28.6. The van der Waals surface area contributed by atoms with Gasteiger partial charge in [0.05, 0.1) is 31.5 Å². The number of methoxy groups -OCH3 is 2. The normalized spacial score (nSPS) is 41.2. The number of carbonyl (C=O) groups is 1. The molecule has 2 aliphatic rings. The summed E-state index contributed by atoms with van der Waals surface area (Å²) in [6.07, 6.45) is 4.85. The van der Waals surface area contributed by atoms with Gasteiger partial charge in [-0.25, -0.2) is 4.79 Å². The molecule has 2 rings (SSSR count). The van der Waals surface area contributed by atoms with Crippen LogP contribution in [0, 0.1) is 35.5 Å². The van der Waals surface area contributed by atoms with Crippen LogP contribution in [0.2, 0.25) is 0 Å². The molecule has 12 atom stereocenters. The van der Waals surface area contributed by atoms with Gasteiger partial charge < -0.3 is 39.4 Å². The van der Waals surface area contributed by atoms with Crippen LogP contribution in [0.4, 0.5) is 0 Å². The highest BCUT2D eigenvalue weighted by Crippen LogP contribution is 2.41. The quantitative estimate of drug-likeness (QED) is 0.298. The van der Waals surface area contributed by atoms with Crippen LogP contribution in [-0.4, -0.2) is 83.0 Å². The average Bonchev–Trinajstić information content (AvgIpc) is 2.96. The summed E-state index contributed by atoms with van der Waals surface area (Å²) in [5.41, 5.74) is 1.78. The van der Waals surface area contributed by atoms with Crippen LogP contribution >= 0.6 is 0 Å². The Morgan fingerprint density at radius 3 is 2.25 bits per heavy atom. The first-order chi connectivity index (χ1) is 20.5. The van der Waals surface area contributed by atoms with Crippen LogP contribution in [0.3, 0.4) is 0 Å². The molecule has 9 nitrogen and oxygen atoms in total. The molecule has 44 heavy (non-hydrogen) atoms. The summed E-state index contributed by atoms with van der Waals surface area (Å²) >= 11 is 0. The van der Waals surface area contributed by atoms with E-state index in [4.69, 9.17) is 18.9 Å². The number of hydrogen-bond donors (Lipinski definition) is 4. The first-order valence-corrected chi connectivity index (χ1v) is 15.9. The van der Waals surface area contributed by atoms with Gasteiger partial charge in [-0.05, 0) is 38.2 Å². The maximum atomic E-state index is 13.5. The highest BCUT2D eigenvalue weighted by molar-refractivity contribution is 5.87. The summed E-state index contributed by atoms with van der Waals surface area (Å²) in [6.45, 7) is 17.0. The van der Waals surface area contributed by atoms with Gasteiger partial charge in [-0.1, -0.05) is 83.9 Å². The highest BCUT2D eigenvalue weighted by atomic mass is 16.6. The van der Waals surface area contributed by atoms with Gasteiger partial charge in [0.1, 0.15) is 12.2 Å². The van der Waals surface area contributed by atoms with Crippen molar-refractivity contribution in [3.05, 3.63) is 47.3 Å². The number of allylic oxidation sites excluding steroid dienone is 5. The molecule has 0 aliphatic carbocycles. The molecule has 0 amide bonds. The zero-order chi connectivity index (χ0) is 33.5. The molecule has 0 radical (unpaired) electrons. The van der Waals surface area contributed by atoms with Gasteiger partial charge in [0, 0.05) is 37.2 Å². The van der Waals surface area contributed by atoms with Crippen LogP contribution in [0.25, 0.3) is 0 Å². The second kappa shape index (κ2) is 16.5. The smallest absolute Gasteiger partial charge is 0.373 e. The molecule has 1 saturated heterocycles. The first kappa shape index (κ1) is 38.2. The summed E-state index contributed by atoms with van der Waals surface area (Å²) in [7, 11) is 2.87. The molecule has 12 unspecified atom stereocenters. The van der Waals surface area contributed by atoms with E-state index in [0.29, 0.717) is 6.42 Å². The van der Waals surface area contributed by atoms with E-state index in [0.717, 1.165) is 11.1 Å². The number of cyclic esters (lactones) is 1. The second-order valence-corrected chi connectivity index (χ2v) is 13.6. The van der Waals surface area contributed by atoms with Gasteiger partial charge in [-0.15, -0.1) is 0 Å². The summed E-state index contributed by atoms with van der Waals surface area (Å²) in [4.78, 5) is 13.5. The predicted octanol–water partition coefficient (Wildman–Crippen LogP) is 4.69. The molecule has 0 saturated carbocycles. The molecule has 9 heteroatoms. The lowest BCUT2D eigenvalue weighted by atomic mass is 9.76. The fourth-order valence-corrected chi connectivity index (χ4v) is 6.54. The van der Waals surface area contributed by atoms with Crippen molar-refractivity contribution in [1.29, 1.82) is 0 Å². The van der Waals surface area contributed by atoms with Crippen molar-refractivity contribution in [1.82, 2.24) is 0 Å². The molecular weight excluding hydrogens is 564 g/mol. The minimum absolute atomic E-state index is 0.00492. The lowest BCUT2D eigenvalue weighted by Crippen LogP contribution is -2.59. The number of aliphatic hydroxyl groups is 4. The van der Waals surface area contributed by atoms with Crippen molar-refractivity contribution < 1.29 is 44.2 Å². The number of hydrogen-bond acceptors (Lipinski definition) is 9. The number of esters is 1. The molecule has 0 spiro atoms. The van der Waals surface area contributed by atoms with Gasteiger partial charge in [0.25, 0.3) is 0 Å². The number of aliphatic hydroxyl groups excluding tert-OH is 3. The largest absolute Gasteiger partial charge is 0.490 e. The van der Waals surface area contributed by atoms with Crippen molar-refractivity contribution in [3.63, 3.8) is 0 Å². The molecule has 4 N–H and O–H groups in total. The molecule has 0 aromatic rings. The van der Waals surface area contributed by atoms with Crippen LogP contribution < -0.4 is 0 Å². The third-order valence-electron chi connectivity index (χ3n) is 9.50. The van der Waals surface area contributed by atoms with E-state index in [1.165, 1.54) is 14.2 Å². The molecular formula is C35H58O9. The highest BCUT2D eigenvalue weighted by Gasteiger charge is 2.51. The molecule has 0 bridgehead atoms. The average molecular weight is 623 g/mol.